The molecule has 0 bridgehead atoms. The molecule has 3 rings (SSSR count). The van der Waals surface area contributed by atoms with Crippen molar-refractivity contribution in [3.05, 3.63) is 41.5 Å². The maximum atomic E-state index is 5.45. The normalized spacial score (nSPS) is 22.2. The molecular weight excluding hydrogens is 266 g/mol. The van der Waals surface area contributed by atoms with Gasteiger partial charge in [-0.15, -0.1) is 0 Å². The van der Waals surface area contributed by atoms with Crippen LogP contribution in [-0.2, 0) is 6.42 Å². The summed E-state index contributed by atoms with van der Waals surface area (Å²) in [6.07, 6.45) is 3.07. The molecule has 1 aromatic heterocycles. The van der Waals surface area contributed by atoms with Crippen molar-refractivity contribution in [2.45, 2.75) is 32.2 Å². The minimum atomic E-state index is 0.185. The summed E-state index contributed by atoms with van der Waals surface area (Å²) in [4.78, 5) is 4.55. The highest BCUT2D eigenvalue weighted by molar-refractivity contribution is 5.30. The van der Waals surface area contributed by atoms with Gasteiger partial charge in [0.25, 0.3) is 0 Å². The van der Waals surface area contributed by atoms with Crippen molar-refractivity contribution in [1.29, 1.82) is 0 Å². The monoisotopic (exact) mass is 287 g/mol. The quantitative estimate of drug-likeness (QED) is 0.937. The van der Waals surface area contributed by atoms with Crippen LogP contribution in [0.2, 0.25) is 0 Å². The van der Waals surface area contributed by atoms with Gasteiger partial charge in [-0.25, -0.2) is 0 Å². The van der Waals surface area contributed by atoms with Crippen molar-refractivity contribution in [3.63, 3.8) is 0 Å². The fourth-order valence-electron chi connectivity index (χ4n) is 2.81. The second-order valence-electron chi connectivity index (χ2n) is 5.63. The molecule has 5 heteroatoms. The molecule has 112 valence electrons. The molecule has 1 N–H and O–H groups in total. The Morgan fingerprint density at radius 2 is 2.33 bits per heavy atom. The van der Waals surface area contributed by atoms with E-state index >= 15 is 0 Å². The predicted molar refractivity (Wildman–Crippen MR) is 79.2 cm³/mol. The van der Waals surface area contributed by atoms with E-state index in [1.54, 1.807) is 7.11 Å². The van der Waals surface area contributed by atoms with Gasteiger partial charge < -0.3 is 14.6 Å². The van der Waals surface area contributed by atoms with Crippen LogP contribution in [0.1, 0.15) is 43.1 Å². The molecule has 1 saturated heterocycles. The lowest BCUT2D eigenvalue weighted by molar-refractivity contribution is 0.239. The maximum Gasteiger partial charge on any atom is 0.244 e. The van der Waals surface area contributed by atoms with E-state index in [1.165, 1.54) is 12.8 Å². The Morgan fingerprint density at radius 1 is 1.43 bits per heavy atom. The summed E-state index contributed by atoms with van der Waals surface area (Å²) in [5.74, 6) is 2.81. The van der Waals surface area contributed by atoms with E-state index in [2.05, 4.69) is 22.4 Å². The maximum absolute atomic E-state index is 5.45. The van der Waals surface area contributed by atoms with Crippen LogP contribution in [-0.4, -0.2) is 23.8 Å². The van der Waals surface area contributed by atoms with Gasteiger partial charge in [0.1, 0.15) is 5.75 Å². The van der Waals surface area contributed by atoms with Crippen molar-refractivity contribution in [3.8, 4) is 5.75 Å². The molecule has 0 spiro atoms. The highest BCUT2D eigenvalue weighted by Crippen LogP contribution is 2.27. The Balaban J connectivity index is 1.72. The fourth-order valence-corrected chi connectivity index (χ4v) is 2.81. The van der Waals surface area contributed by atoms with Crippen molar-refractivity contribution in [1.82, 2.24) is 15.5 Å². The van der Waals surface area contributed by atoms with Crippen molar-refractivity contribution in [2.24, 2.45) is 5.92 Å². The Kier molecular flexibility index (Phi) is 4.20. The first-order valence-electron chi connectivity index (χ1n) is 7.45. The number of nitrogens with one attached hydrogen (secondary N) is 1. The van der Waals surface area contributed by atoms with Crippen molar-refractivity contribution >= 4 is 0 Å². The molecule has 1 aromatic carbocycles. The molecule has 1 aliphatic heterocycles. The van der Waals surface area contributed by atoms with Gasteiger partial charge in [0.05, 0.1) is 13.2 Å². The van der Waals surface area contributed by atoms with Crippen LogP contribution in [0.4, 0.5) is 0 Å². The molecular formula is C16H21N3O2. The lowest BCUT2D eigenvalue weighted by atomic mass is 9.93. The third-order valence-electron chi connectivity index (χ3n) is 4.02. The molecule has 21 heavy (non-hydrogen) atoms. The van der Waals surface area contributed by atoms with Gasteiger partial charge >= 0.3 is 0 Å². The van der Waals surface area contributed by atoms with Gasteiger partial charge in [0.15, 0.2) is 5.82 Å². The third kappa shape index (κ3) is 3.24. The smallest absolute Gasteiger partial charge is 0.244 e. The van der Waals surface area contributed by atoms with Gasteiger partial charge in [0.2, 0.25) is 5.89 Å². The highest BCUT2D eigenvalue weighted by atomic mass is 16.5. The Hall–Kier alpha value is -1.88. The molecule has 0 aliphatic carbocycles. The van der Waals surface area contributed by atoms with Crippen molar-refractivity contribution in [2.75, 3.05) is 13.7 Å². The van der Waals surface area contributed by atoms with E-state index in [4.69, 9.17) is 9.26 Å². The Labute approximate surface area is 124 Å². The molecule has 0 radical (unpaired) electrons. The van der Waals surface area contributed by atoms with Gasteiger partial charge in [-0.1, -0.05) is 24.2 Å². The zero-order chi connectivity index (χ0) is 14.7. The third-order valence-corrected chi connectivity index (χ3v) is 4.02. The lowest BCUT2D eigenvalue weighted by Gasteiger charge is -2.26. The number of ether oxygens (including phenoxy) is 1. The second-order valence-corrected chi connectivity index (χ2v) is 5.63. The number of aromatic nitrogens is 2. The van der Waals surface area contributed by atoms with E-state index in [0.29, 0.717) is 18.2 Å². The number of benzene rings is 1. The molecule has 2 unspecified atom stereocenters. The summed E-state index contributed by atoms with van der Waals surface area (Å²) in [6.45, 7) is 3.24. The molecule has 2 aromatic rings. The van der Waals surface area contributed by atoms with Gasteiger partial charge in [-0.2, -0.15) is 4.98 Å². The highest BCUT2D eigenvalue weighted by Gasteiger charge is 2.27. The van der Waals surface area contributed by atoms with Crippen LogP contribution >= 0.6 is 0 Å². The SMILES string of the molecule is COc1cccc(Cc2noc(C3NCCCC3C)n2)c1. The second kappa shape index (κ2) is 6.26. The molecule has 1 aliphatic rings. The zero-order valence-electron chi connectivity index (χ0n) is 12.5. The van der Waals surface area contributed by atoms with Crippen LogP contribution in [0.5, 0.6) is 5.75 Å². The largest absolute Gasteiger partial charge is 0.497 e. The molecule has 2 heterocycles. The molecule has 5 nitrogen and oxygen atoms in total. The first kappa shape index (κ1) is 14.1. The fraction of sp³-hybridized carbons (Fsp3) is 0.500. The van der Waals surface area contributed by atoms with Crippen LogP contribution in [0, 0.1) is 5.92 Å². The topological polar surface area (TPSA) is 60.2 Å². The zero-order valence-corrected chi connectivity index (χ0v) is 12.5. The minimum Gasteiger partial charge on any atom is -0.497 e. The van der Waals surface area contributed by atoms with Crippen LogP contribution < -0.4 is 10.1 Å². The van der Waals surface area contributed by atoms with E-state index in [1.807, 2.05) is 24.3 Å². The van der Waals surface area contributed by atoms with Crippen molar-refractivity contribution < 1.29 is 9.26 Å². The van der Waals surface area contributed by atoms with Crippen LogP contribution in [0.3, 0.4) is 0 Å². The number of hydrogen-bond donors (Lipinski definition) is 1. The lowest BCUT2D eigenvalue weighted by Crippen LogP contribution is -2.33. The molecule has 2 atom stereocenters. The predicted octanol–water partition coefficient (Wildman–Crippen LogP) is 2.73. The standard InChI is InChI=1S/C16H21N3O2/c1-11-5-4-8-17-15(11)16-18-14(19-21-16)10-12-6-3-7-13(9-12)20-2/h3,6-7,9,11,15,17H,4-5,8,10H2,1-2H3. The van der Waals surface area contributed by atoms with Gasteiger partial charge in [-0.3, -0.25) is 0 Å². The van der Waals surface area contributed by atoms with E-state index in [9.17, 15) is 0 Å². The summed E-state index contributed by atoms with van der Waals surface area (Å²) >= 11 is 0. The van der Waals surface area contributed by atoms with E-state index in [0.717, 1.165) is 23.7 Å². The summed E-state index contributed by atoms with van der Waals surface area (Å²) in [5.41, 5.74) is 1.12. The summed E-state index contributed by atoms with van der Waals surface area (Å²) < 4.78 is 10.7. The number of nitrogens with zero attached hydrogens (tertiary/aromatic N) is 2. The molecule has 0 saturated carbocycles. The molecule has 0 amide bonds. The van der Waals surface area contributed by atoms with Crippen LogP contribution in [0.25, 0.3) is 0 Å². The summed E-state index contributed by atoms with van der Waals surface area (Å²) in [7, 11) is 1.67. The number of hydrogen-bond acceptors (Lipinski definition) is 5. The number of piperidine rings is 1. The average Bonchev–Trinajstić information content (AvgIpc) is 2.96. The first-order chi connectivity index (χ1) is 10.3. The Morgan fingerprint density at radius 3 is 3.14 bits per heavy atom. The van der Waals surface area contributed by atoms with E-state index < -0.39 is 0 Å². The van der Waals surface area contributed by atoms with Gasteiger partial charge in [0, 0.05) is 6.42 Å². The number of methoxy groups -OCH3 is 1. The van der Waals surface area contributed by atoms with Gasteiger partial charge in [-0.05, 0) is 43.0 Å². The van der Waals surface area contributed by atoms with E-state index in [-0.39, 0.29) is 6.04 Å². The summed E-state index contributed by atoms with van der Waals surface area (Å²) in [5, 5.41) is 7.57. The number of rotatable bonds is 4. The Bertz CT molecular complexity index is 597. The summed E-state index contributed by atoms with van der Waals surface area (Å²) in [6, 6.07) is 8.13. The average molecular weight is 287 g/mol. The first-order valence-corrected chi connectivity index (χ1v) is 7.45. The van der Waals surface area contributed by atoms with Crippen LogP contribution in [0.15, 0.2) is 28.8 Å². The minimum absolute atomic E-state index is 0.185. The molecule has 1 fully saturated rings.